The number of alkyl halides is 6. The molecular weight excluding hydrogens is 242 g/mol. The molecule has 1 rings (SSSR count). The van der Waals surface area contributed by atoms with E-state index in [-0.39, 0.29) is 0 Å². The molecule has 1 heterocycles. The molecule has 8 heteroatoms. The number of halogens is 6. The standard InChI is InChI=1S/C8H10F6O2/c1-5(7(9,10)11)2-3-16-6(15,4-5)8(12,13)14/h15H,2-4H2,1H3/t5-,6?/m1/s1. The number of hydrogen-bond acceptors (Lipinski definition) is 2. The van der Waals surface area contributed by atoms with Crippen LogP contribution in [0.15, 0.2) is 0 Å². The summed E-state index contributed by atoms with van der Waals surface area (Å²) in [5, 5.41) is 9.06. The lowest BCUT2D eigenvalue weighted by atomic mass is 9.77. The van der Waals surface area contributed by atoms with Crippen LogP contribution in [0.5, 0.6) is 0 Å². The third kappa shape index (κ3) is 2.13. The summed E-state index contributed by atoms with van der Waals surface area (Å²) in [6.45, 7) is -0.141. The van der Waals surface area contributed by atoms with Gasteiger partial charge >= 0.3 is 12.4 Å². The zero-order chi connectivity index (χ0) is 12.8. The van der Waals surface area contributed by atoms with Gasteiger partial charge in [0.05, 0.1) is 12.0 Å². The molecule has 0 spiro atoms. The minimum Gasteiger partial charge on any atom is -0.358 e. The third-order valence-electron chi connectivity index (χ3n) is 2.75. The van der Waals surface area contributed by atoms with Crippen LogP contribution >= 0.6 is 0 Å². The van der Waals surface area contributed by atoms with Crippen LogP contribution in [0.2, 0.25) is 0 Å². The number of ether oxygens (including phenoxy) is 1. The van der Waals surface area contributed by atoms with Gasteiger partial charge in [0, 0.05) is 6.42 Å². The lowest BCUT2D eigenvalue weighted by molar-refractivity contribution is -0.404. The number of aliphatic hydroxyl groups is 1. The van der Waals surface area contributed by atoms with Crippen molar-refractivity contribution in [2.45, 2.75) is 37.9 Å². The van der Waals surface area contributed by atoms with Gasteiger partial charge in [0.1, 0.15) is 0 Å². The lowest BCUT2D eigenvalue weighted by Gasteiger charge is -2.44. The summed E-state index contributed by atoms with van der Waals surface area (Å²) in [4.78, 5) is 0. The second kappa shape index (κ2) is 3.49. The highest BCUT2D eigenvalue weighted by molar-refractivity contribution is 4.94. The van der Waals surface area contributed by atoms with Crippen molar-refractivity contribution < 1.29 is 36.2 Å². The molecule has 1 aliphatic heterocycles. The molecule has 1 N–H and O–H groups in total. The Bertz CT molecular complexity index is 247. The van der Waals surface area contributed by atoms with Crippen LogP contribution in [0.3, 0.4) is 0 Å². The van der Waals surface area contributed by atoms with E-state index in [4.69, 9.17) is 5.11 Å². The van der Waals surface area contributed by atoms with Crippen molar-refractivity contribution in [3.63, 3.8) is 0 Å². The van der Waals surface area contributed by atoms with Crippen molar-refractivity contribution >= 4 is 0 Å². The Labute approximate surface area is 87.2 Å². The van der Waals surface area contributed by atoms with Crippen LogP contribution < -0.4 is 0 Å². The molecule has 16 heavy (non-hydrogen) atoms. The summed E-state index contributed by atoms with van der Waals surface area (Å²) in [5.41, 5.74) is -2.59. The quantitative estimate of drug-likeness (QED) is 0.671. The van der Waals surface area contributed by atoms with Crippen molar-refractivity contribution in [1.82, 2.24) is 0 Å². The number of rotatable bonds is 0. The van der Waals surface area contributed by atoms with Gasteiger partial charge in [-0.3, -0.25) is 0 Å². The molecule has 1 aliphatic rings. The van der Waals surface area contributed by atoms with E-state index < -0.39 is 43.0 Å². The highest BCUT2D eigenvalue weighted by Gasteiger charge is 2.65. The molecule has 0 bridgehead atoms. The monoisotopic (exact) mass is 252 g/mol. The zero-order valence-electron chi connectivity index (χ0n) is 8.24. The van der Waals surface area contributed by atoms with E-state index in [1.54, 1.807) is 0 Å². The molecule has 1 unspecified atom stereocenters. The van der Waals surface area contributed by atoms with Crippen LogP contribution in [0.25, 0.3) is 0 Å². The summed E-state index contributed by atoms with van der Waals surface area (Å²) in [7, 11) is 0. The summed E-state index contributed by atoms with van der Waals surface area (Å²) >= 11 is 0. The van der Waals surface area contributed by atoms with Crippen molar-refractivity contribution in [2.75, 3.05) is 6.61 Å². The fourth-order valence-corrected chi connectivity index (χ4v) is 1.54. The Kier molecular flexibility index (Phi) is 2.96. The Morgan fingerprint density at radius 1 is 1.06 bits per heavy atom. The highest BCUT2D eigenvalue weighted by atomic mass is 19.4. The minimum absolute atomic E-state index is 0.602. The van der Waals surface area contributed by atoms with Crippen LogP contribution in [0.4, 0.5) is 26.3 Å². The average molecular weight is 252 g/mol. The van der Waals surface area contributed by atoms with Gasteiger partial charge < -0.3 is 9.84 Å². The molecule has 0 aromatic carbocycles. The molecule has 0 radical (unpaired) electrons. The molecule has 0 aromatic heterocycles. The summed E-state index contributed by atoms with van der Waals surface area (Å²) in [6.07, 6.45) is -12.2. The molecule has 2 nitrogen and oxygen atoms in total. The van der Waals surface area contributed by atoms with Gasteiger partial charge in [-0.1, -0.05) is 6.92 Å². The largest absolute Gasteiger partial charge is 0.443 e. The SMILES string of the molecule is C[C@@]1(C(F)(F)F)CCOC(O)(C(F)(F)F)C1. The van der Waals surface area contributed by atoms with E-state index >= 15 is 0 Å². The summed E-state index contributed by atoms with van der Waals surface area (Å²) in [6, 6.07) is 0. The van der Waals surface area contributed by atoms with Gasteiger partial charge in [0.15, 0.2) is 0 Å². The maximum atomic E-state index is 12.5. The molecule has 0 saturated carbocycles. The molecule has 0 amide bonds. The van der Waals surface area contributed by atoms with Crippen molar-refractivity contribution in [3.8, 4) is 0 Å². The normalized spacial score (nSPS) is 37.5. The Balaban J connectivity index is 2.98. The fourth-order valence-electron chi connectivity index (χ4n) is 1.54. The van der Waals surface area contributed by atoms with Crippen molar-refractivity contribution in [2.24, 2.45) is 5.41 Å². The molecular formula is C8H10F6O2. The van der Waals surface area contributed by atoms with E-state index in [1.807, 2.05) is 0 Å². The van der Waals surface area contributed by atoms with Crippen LogP contribution in [-0.4, -0.2) is 29.9 Å². The third-order valence-corrected chi connectivity index (χ3v) is 2.75. The Morgan fingerprint density at radius 2 is 1.56 bits per heavy atom. The fraction of sp³-hybridized carbons (Fsp3) is 1.00. The molecule has 96 valence electrons. The topological polar surface area (TPSA) is 29.5 Å². The summed E-state index contributed by atoms with van der Waals surface area (Å²) < 4.78 is 78.6. The predicted octanol–water partition coefficient (Wildman–Crippen LogP) is 2.62. The molecule has 2 atom stereocenters. The second-order valence-electron chi connectivity index (χ2n) is 4.12. The van der Waals surface area contributed by atoms with Gasteiger partial charge in [-0.15, -0.1) is 0 Å². The van der Waals surface area contributed by atoms with Gasteiger partial charge in [-0.2, -0.15) is 26.3 Å². The van der Waals surface area contributed by atoms with Crippen LogP contribution in [-0.2, 0) is 4.74 Å². The highest BCUT2D eigenvalue weighted by Crippen LogP contribution is 2.52. The van der Waals surface area contributed by atoms with Gasteiger partial charge in [0.2, 0.25) is 0 Å². The Hall–Kier alpha value is -0.500. The molecule has 1 saturated heterocycles. The maximum Gasteiger partial charge on any atom is 0.443 e. The molecule has 1 fully saturated rings. The smallest absolute Gasteiger partial charge is 0.358 e. The first-order valence-electron chi connectivity index (χ1n) is 4.41. The van der Waals surface area contributed by atoms with E-state index in [1.165, 1.54) is 0 Å². The van der Waals surface area contributed by atoms with Crippen LogP contribution in [0.1, 0.15) is 19.8 Å². The van der Waals surface area contributed by atoms with Gasteiger partial charge in [-0.25, -0.2) is 0 Å². The van der Waals surface area contributed by atoms with Crippen molar-refractivity contribution in [1.29, 1.82) is 0 Å². The van der Waals surface area contributed by atoms with E-state index in [9.17, 15) is 26.3 Å². The van der Waals surface area contributed by atoms with Crippen LogP contribution in [0, 0.1) is 5.41 Å². The summed E-state index contributed by atoms with van der Waals surface area (Å²) in [5.74, 6) is -3.71. The first-order chi connectivity index (χ1) is 6.91. The second-order valence-corrected chi connectivity index (χ2v) is 4.12. The minimum atomic E-state index is -5.24. The Morgan fingerprint density at radius 3 is 1.94 bits per heavy atom. The first kappa shape index (κ1) is 13.6. The lowest BCUT2D eigenvalue weighted by Crippen LogP contribution is -2.57. The van der Waals surface area contributed by atoms with Gasteiger partial charge in [-0.05, 0) is 6.42 Å². The zero-order valence-corrected chi connectivity index (χ0v) is 8.24. The number of hydrogen-bond donors (Lipinski definition) is 1. The molecule has 0 aromatic rings. The van der Waals surface area contributed by atoms with E-state index in [0.717, 1.165) is 0 Å². The van der Waals surface area contributed by atoms with Crippen molar-refractivity contribution in [3.05, 3.63) is 0 Å². The van der Waals surface area contributed by atoms with E-state index in [0.29, 0.717) is 6.92 Å². The molecule has 0 aliphatic carbocycles. The van der Waals surface area contributed by atoms with Gasteiger partial charge in [0.25, 0.3) is 5.79 Å². The first-order valence-corrected chi connectivity index (χ1v) is 4.41. The average Bonchev–Trinajstić information content (AvgIpc) is 1.99. The van der Waals surface area contributed by atoms with E-state index in [2.05, 4.69) is 4.74 Å². The predicted molar refractivity (Wildman–Crippen MR) is 40.4 cm³/mol. The maximum absolute atomic E-state index is 12.5.